The lowest BCUT2D eigenvalue weighted by Crippen LogP contribution is -2.40. The fraction of sp³-hybridized carbons (Fsp3) is 0.750. The molecule has 5 nitrogen and oxygen atoms in total. The highest BCUT2D eigenvalue weighted by molar-refractivity contribution is 14.0. The molecule has 1 unspecified atom stereocenters. The minimum Gasteiger partial charge on any atom is -0.469 e. The summed E-state index contributed by atoms with van der Waals surface area (Å²) in [5.41, 5.74) is 0. The van der Waals surface area contributed by atoms with Crippen molar-refractivity contribution < 1.29 is 9.53 Å². The SMILES string of the molecule is C=CCCCCCN(C)C(=NCC(C)C(=O)OC)NCC.I. The molecule has 0 aromatic rings. The van der Waals surface area contributed by atoms with E-state index < -0.39 is 0 Å². The van der Waals surface area contributed by atoms with Gasteiger partial charge in [-0.25, -0.2) is 0 Å². The summed E-state index contributed by atoms with van der Waals surface area (Å²) in [7, 11) is 3.43. The quantitative estimate of drug-likeness (QED) is 0.146. The van der Waals surface area contributed by atoms with E-state index in [0.717, 1.165) is 31.9 Å². The third kappa shape index (κ3) is 10.9. The van der Waals surface area contributed by atoms with Crippen LogP contribution >= 0.6 is 24.0 Å². The number of carbonyl (C=O) groups excluding carboxylic acids is 1. The summed E-state index contributed by atoms with van der Waals surface area (Å²) in [5.74, 6) is 0.406. The Morgan fingerprint density at radius 2 is 2.09 bits per heavy atom. The van der Waals surface area contributed by atoms with Crippen LogP contribution in [0, 0.1) is 5.92 Å². The first-order valence-electron chi connectivity index (χ1n) is 7.74. The van der Waals surface area contributed by atoms with Crippen molar-refractivity contribution in [2.24, 2.45) is 10.9 Å². The Balaban J connectivity index is 0. The Morgan fingerprint density at radius 1 is 1.41 bits per heavy atom. The summed E-state index contributed by atoms with van der Waals surface area (Å²) in [6.45, 7) is 9.80. The lowest BCUT2D eigenvalue weighted by atomic mass is 10.2. The number of hydrogen-bond donors (Lipinski definition) is 1. The molecule has 0 radical (unpaired) electrons. The van der Waals surface area contributed by atoms with Crippen LogP contribution in [0.2, 0.25) is 0 Å². The smallest absolute Gasteiger partial charge is 0.310 e. The highest BCUT2D eigenvalue weighted by Crippen LogP contribution is 2.03. The molecule has 1 N–H and O–H groups in total. The Kier molecular flexibility index (Phi) is 16.1. The van der Waals surface area contributed by atoms with Crippen molar-refractivity contribution in [2.75, 3.05) is 33.8 Å². The van der Waals surface area contributed by atoms with Crippen LogP contribution in [0.3, 0.4) is 0 Å². The van der Waals surface area contributed by atoms with E-state index in [2.05, 4.69) is 21.8 Å². The highest BCUT2D eigenvalue weighted by atomic mass is 127. The number of allylic oxidation sites excluding steroid dienone is 1. The van der Waals surface area contributed by atoms with Crippen LogP contribution in [0.1, 0.15) is 39.5 Å². The molecule has 0 fully saturated rings. The zero-order chi connectivity index (χ0) is 16.1. The van der Waals surface area contributed by atoms with Gasteiger partial charge < -0.3 is 15.0 Å². The second kappa shape index (κ2) is 15.1. The molecule has 0 bridgehead atoms. The molecule has 0 heterocycles. The van der Waals surface area contributed by atoms with Crippen LogP contribution in [0.5, 0.6) is 0 Å². The molecule has 0 aromatic carbocycles. The molecule has 0 aliphatic carbocycles. The fourth-order valence-electron chi connectivity index (χ4n) is 1.89. The second-order valence-corrected chi connectivity index (χ2v) is 5.18. The van der Waals surface area contributed by atoms with Gasteiger partial charge in [0.1, 0.15) is 0 Å². The largest absolute Gasteiger partial charge is 0.469 e. The standard InChI is InChI=1S/C16H31N3O2.HI/c1-6-8-9-10-11-12-19(4)16(17-7-2)18-13-14(3)15(20)21-5;/h6,14H,1,7-13H2,2-5H3,(H,17,18);1H. The monoisotopic (exact) mass is 425 g/mol. The van der Waals surface area contributed by atoms with Gasteiger partial charge in [-0.2, -0.15) is 0 Å². The fourth-order valence-corrected chi connectivity index (χ4v) is 1.89. The Hall–Kier alpha value is -0.790. The van der Waals surface area contributed by atoms with Crippen molar-refractivity contribution >= 4 is 35.9 Å². The van der Waals surface area contributed by atoms with Crippen molar-refractivity contribution in [3.05, 3.63) is 12.7 Å². The van der Waals surface area contributed by atoms with E-state index in [4.69, 9.17) is 4.74 Å². The number of nitrogens with one attached hydrogen (secondary N) is 1. The van der Waals surface area contributed by atoms with Gasteiger partial charge in [-0.05, 0) is 26.2 Å². The molecule has 130 valence electrons. The number of guanidine groups is 1. The summed E-state index contributed by atoms with van der Waals surface area (Å²) in [6, 6.07) is 0. The van der Waals surface area contributed by atoms with Crippen molar-refractivity contribution in [3.63, 3.8) is 0 Å². The summed E-state index contributed by atoms with van der Waals surface area (Å²) < 4.78 is 4.72. The molecule has 0 saturated heterocycles. The molecule has 0 aliphatic heterocycles. The van der Waals surface area contributed by atoms with Crippen LogP contribution in [0.25, 0.3) is 0 Å². The molecule has 0 rings (SSSR count). The number of carbonyl (C=O) groups is 1. The number of ether oxygens (including phenoxy) is 1. The van der Waals surface area contributed by atoms with Gasteiger partial charge in [0.2, 0.25) is 0 Å². The molecule has 6 heteroatoms. The number of rotatable bonds is 10. The highest BCUT2D eigenvalue weighted by Gasteiger charge is 2.13. The summed E-state index contributed by atoms with van der Waals surface area (Å²) in [6.07, 6.45) is 6.54. The third-order valence-corrected chi connectivity index (χ3v) is 3.22. The molecule has 0 amide bonds. The van der Waals surface area contributed by atoms with Crippen molar-refractivity contribution in [2.45, 2.75) is 39.5 Å². The van der Waals surface area contributed by atoms with Gasteiger partial charge in [-0.15, -0.1) is 30.6 Å². The van der Waals surface area contributed by atoms with E-state index in [1.54, 1.807) is 0 Å². The average molecular weight is 425 g/mol. The normalized spacial score (nSPS) is 12.1. The van der Waals surface area contributed by atoms with Gasteiger partial charge in [0.25, 0.3) is 0 Å². The minimum atomic E-state index is -0.221. The molecule has 1 atom stereocenters. The molecule has 0 aromatic heterocycles. The maximum absolute atomic E-state index is 11.4. The number of aliphatic imine (C=N–C) groups is 1. The van der Waals surface area contributed by atoms with Crippen LogP contribution in [-0.4, -0.2) is 50.6 Å². The maximum atomic E-state index is 11.4. The van der Waals surface area contributed by atoms with Crippen LogP contribution in [-0.2, 0) is 9.53 Å². The van der Waals surface area contributed by atoms with Gasteiger partial charge in [0, 0.05) is 20.1 Å². The Bertz CT molecular complexity index is 335. The van der Waals surface area contributed by atoms with Gasteiger partial charge in [0.15, 0.2) is 5.96 Å². The zero-order valence-electron chi connectivity index (χ0n) is 14.4. The number of halogens is 1. The van der Waals surface area contributed by atoms with E-state index in [0.29, 0.717) is 6.54 Å². The first-order valence-corrected chi connectivity index (χ1v) is 7.74. The van der Waals surface area contributed by atoms with E-state index in [1.807, 2.05) is 27.0 Å². The number of unbranched alkanes of at least 4 members (excludes halogenated alkanes) is 3. The predicted octanol–water partition coefficient (Wildman–Crippen LogP) is 3.06. The molecular formula is C16H32IN3O2. The van der Waals surface area contributed by atoms with E-state index in [9.17, 15) is 4.79 Å². The zero-order valence-corrected chi connectivity index (χ0v) is 16.8. The van der Waals surface area contributed by atoms with Crippen molar-refractivity contribution in [1.29, 1.82) is 0 Å². The van der Waals surface area contributed by atoms with Gasteiger partial charge in [-0.1, -0.05) is 19.4 Å². The number of methoxy groups -OCH3 is 1. The van der Waals surface area contributed by atoms with Crippen LogP contribution in [0.4, 0.5) is 0 Å². The molecule has 22 heavy (non-hydrogen) atoms. The van der Waals surface area contributed by atoms with Gasteiger partial charge in [0.05, 0.1) is 19.6 Å². The second-order valence-electron chi connectivity index (χ2n) is 5.18. The van der Waals surface area contributed by atoms with E-state index in [1.165, 1.54) is 20.0 Å². The lowest BCUT2D eigenvalue weighted by Gasteiger charge is -2.22. The number of nitrogens with zero attached hydrogens (tertiary/aromatic N) is 2. The number of hydrogen-bond acceptors (Lipinski definition) is 3. The maximum Gasteiger partial charge on any atom is 0.310 e. The molecular weight excluding hydrogens is 393 g/mol. The molecule has 0 spiro atoms. The first kappa shape index (κ1) is 23.5. The molecule has 0 aliphatic rings. The van der Waals surface area contributed by atoms with Crippen LogP contribution in [0.15, 0.2) is 17.6 Å². The first-order chi connectivity index (χ1) is 10.1. The van der Waals surface area contributed by atoms with Crippen LogP contribution < -0.4 is 5.32 Å². The van der Waals surface area contributed by atoms with Crippen molar-refractivity contribution in [3.8, 4) is 0 Å². The molecule has 0 saturated carbocycles. The average Bonchev–Trinajstić information content (AvgIpc) is 2.49. The third-order valence-electron chi connectivity index (χ3n) is 3.22. The summed E-state index contributed by atoms with van der Waals surface area (Å²) in [4.78, 5) is 18.0. The lowest BCUT2D eigenvalue weighted by molar-refractivity contribution is -0.144. The summed E-state index contributed by atoms with van der Waals surface area (Å²) >= 11 is 0. The minimum absolute atomic E-state index is 0. The number of esters is 1. The summed E-state index contributed by atoms with van der Waals surface area (Å²) in [5, 5.41) is 3.25. The Labute approximate surface area is 152 Å². The van der Waals surface area contributed by atoms with Gasteiger partial charge >= 0.3 is 5.97 Å². The van der Waals surface area contributed by atoms with Crippen molar-refractivity contribution in [1.82, 2.24) is 10.2 Å². The Morgan fingerprint density at radius 3 is 2.64 bits per heavy atom. The van der Waals surface area contributed by atoms with E-state index >= 15 is 0 Å². The topological polar surface area (TPSA) is 53.9 Å². The van der Waals surface area contributed by atoms with E-state index in [-0.39, 0.29) is 35.9 Å². The predicted molar refractivity (Wildman–Crippen MR) is 104 cm³/mol. The van der Waals surface area contributed by atoms with Gasteiger partial charge in [-0.3, -0.25) is 9.79 Å².